The molecular formula is C23H24N2O4S. The number of ether oxygens (including phenoxy) is 1. The molecule has 0 fully saturated rings. The number of aryl methyl sites for hydroxylation is 2. The molecule has 6 nitrogen and oxygen atoms in total. The molecule has 1 atom stereocenters. The molecule has 2 N–H and O–H groups in total. The lowest BCUT2D eigenvalue weighted by Crippen LogP contribution is -2.30. The third-order valence-corrected chi connectivity index (χ3v) is 5.88. The van der Waals surface area contributed by atoms with Crippen molar-refractivity contribution < 1.29 is 17.9 Å². The molecule has 30 heavy (non-hydrogen) atoms. The molecule has 0 saturated carbocycles. The SMILES string of the molecule is Cc1ccc(C)c(NS(=O)(=O)c2ccc(NC(=O)C(C)Oc3ccccc3)cc2)c1. The Morgan fingerprint density at radius 2 is 1.60 bits per heavy atom. The Balaban J connectivity index is 1.66. The molecule has 3 aromatic rings. The zero-order valence-electron chi connectivity index (χ0n) is 17.0. The molecule has 3 rings (SSSR count). The van der Waals surface area contributed by atoms with Crippen molar-refractivity contribution in [2.45, 2.75) is 31.8 Å². The molecule has 1 unspecified atom stereocenters. The van der Waals surface area contributed by atoms with Crippen LogP contribution in [0.25, 0.3) is 0 Å². The highest BCUT2D eigenvalue weighted by Gasteiger charge is 2.17. The number of amides is 1. The van der Waals surface area contributed by atoms with Gasteiger partial charge in [0.2, 0.25) is 0 Å². The van der Waals surface area contributed by atoms with E-state index in [0.29, 0.717) is 17.1 Å². The number of anilines is 2. The predicted molar refractivity (Wildman–Crippen MR) is 118 cm³/mol. The minimum atomic E-state index is -3.74. The van der Waals surface area contributed by atoms with Crippen LogP contribution in [0.15, 0.2) is 77.7 Å². The highest BCUT2D eigenvalue weighted by molar-refractivity contribution is 7.92. The van der Waals surface area contributed by atoms with Gasteiger partial charge < -0.3 is 10.1 Å². The van der Waals surface area contributed by atoms with Gasteiger partial charge in [-0.3, -0.25) is 9.52 Å². The van der Waals surface area contributed by atoms with E-state index in [-0.39, 0.29) is 10.8 Å². The molecule has 0 aliphatic carbocycles. The fourth-order valence-corrected chi connectivity index (χ4v) is 3.89. The number of benzene rings is 3. The van der Waals surface area contributed by atoms with Crippen LogP contribution >= 0.6 is 0 Å². The second kappa shape index (κ2) is 9.00. The summed E-state index contributed by atoms with van der Waals surface area (Å²) in [6, 6.07) is 20.6. The van der Waals surface area contributed by atoms with Gasteiger partial charge in [0.15, 0.2) is 6.10 Å². The molecule has 0 bridgehead atoms. The van der Waals surface area contributed by atoms with Gasteiger partial charge in [-0.15, -0.1) is 0 Å². The van der Waals surface area contributed by atoms with Crippen molar-refractivity contribution in [3.63, 3.8) is 0 Å². The second-order valence-corrected chi connectivity index (χ2v) is 8.69. The first-order valence-corrected chi connectivity index (χ1v) is 11.0. The number of carbonyl (C=O) groups is 1. The third kappa shape index (κ3) is 5.39. The van der Waals surface area contributed by atoms with Gasteiger partial charge in [0.05, 0.1) is 10.6 Å². The number of para-hydroxylation sites is 1. The summed E-state index contributed by atoms with van der Waals surface area (Å²) in [5.41, 5.74) is 2.82. The first-order valence-electron chi connectivity index (χ1n) is 9.47. The lowest BCUT2D eigenvalue weighted by atomic mass is 10.1. The van der Waals surface area contributed by atoms with E-state index in [1.165, 1.54) is 12.1 Å². The second-order valence-electron chi connectivity index (χ2n) is 7.01. The average Bonchev–Trinajstić information content (AvgIpc) is 2.71. The van der Waals surface area contributed by atoms with Crippen molar-refractivity contribution >= 4 is 27.3 Å². The summed E-state index contributed by atoms with van der Waals surface area (Å²) in [7, 11) is -3.74. The van der Waals surface area contributed by atoms with Gasteiger partial charge in [-0.1, -0.05) is 30.3 Å². The minimum absolute atomic E-state index is 0.106. The maximum absolute atomic E-state index is 12.7. The van der Waals surface area contributed by atoms with Gasteiger partial charge in [0.25, 0.3) is 15.9 Å². The van der Waals surface area contributed by atoms with Crippen molar-refractivity contribution in [2.24, 2.45) is 0 Å². The first-order chi connectivity index (χ1) is 14.2. The van der Waals surface area contributed by atoms with Crippen LogP contribution in [-0.2, 0) is 14.8 Å². The zero-order chi connectivity index (χ0) is 21.7. The zero-order valence-corrected chi connectivity index (χ0v) is 17.9. The van der Waals surface area contributed by atoms with E-state index in [9.17, 15) is 13.2 Å². The topological polar surface area (TPSA) is 84.5 Å². The largest absolute Gasteiger partial charge is 0.481 e. The molecule has 3 aromatic carbocycles. The number of hydrogen-bond donors (Lipinski definition) is 2. The van der Waals surface area contributed by atoms with E-state index in [0.717, 1.165) is 11.1 Å². The van der Waals surface area contributed by atoms with Crippen molar-refractivity contribution in [2.75, 3.05) is 10.0 Å². The number of nitrogens with one attached hydrogen (secondary N) is 2. The Bertz CT molecular complexity index is 1130. The molecule has 0 saturated heterocycles. The van der Waals surface area contributed by atoms with Crippen LogP contribution in [0, 0.1) is 13.8 Å². The molecule has 0 aromatic heterocycles. The van der Waals surface area contributed by atoms with E-state index in [2.05, 4.69) is 10.0 Å². The van der Waals surface area contributed by atoms with E-state index >= 15 is 0 Å². The fourth-order valence-electron chi connectivity index (χ4n) is 2.77. The molecular weight excluding hydrogens is 400 g/mol. The predicted octanol–water partition coefficient (Wildman–Crippen LogP) is 4.51. The summed E-state index contributed by atoms with van der Waals surface area (Å²) in [6.07, 6.45) is -0.707. The van der Waals surface area contributed by atoms with E-state index in [1.54, 1.807) is 37.3 Å². The highest BCUT2D eigenvalue weighted by Crippen LogP contribution is 2.22. The maximum Gasteiger partial charge on any atom is 0.265 e. The lowest BCUT2D eigenvalue weighted by molar-refractivity contribution is -0.122. The molecule has 7 heteroatoms. The van der Waals surface area contributed by atoms with E-state index in [1.807, 2.05) is 44.2 Å². The van der Waals surface area contributed by atoms with E-state index in [4.69, 9.17) is 4.74 Å². The maximum atomic E-state index is 12.7. The molecule has 1 amide bonds. The van der Waals surface area contributed by atoms with Gasteiger partial charge in [0.1, 0.15) is 5.75 Å². The van der Waals surface area contributed by atoms with Gasteiger partial charge in [-0.25, -0.2) is 8.42 Å². The summed E-state index contributed by atoms with van der Waals surface area (Å²) >= 11 is 0. The van der Waals surface area contributed by atoms with Crippen LogP contribution in [-0.4, -0.2) is 20.4 Å². The van der Waals surface area contributed by atoms with Crippen molar-refractivity contribution in [3.8, 4) is 5.75 Å². The average molecular weight is 425 g/mol. The molecule has 156 valence electrons. The van der Waals surface area contributed by atoms with Crippen LogP contribution in [0.2, 0.25) is 0 Å². The number of hydrogen-bond acceptors (Lipinski definition) is 4. The molecule has 0 aliphatic heterocycles. The molecule has 0 radical (unpaired) electrons. The number of rotatable bonds is 7. The van der Waals surface area contributed by atoms with Crippen LogP contribution in [0.1, 0.15) is 18.1 Å². The summed E-state index contributed by atoms with van der Waals surface area (Å²) in [5.74, 6) is 0.266. The Morgan fingerprint density at radius 3 is 2.27 bits per heavy atom. The van der Waals surface area contributed by atoms with Gasteiger partial charge in [-0.2, -0.15) is 0 Å². The van der Waals surface area contributed by atoms with Crippen LogP contribution in [0.3, 0.4) is 0 Å². The first kappa shape index (κ1) is 21.4. The van der Waals surface area contributed by atoms with Crippen LogP contribution < -0.4 is 14.8 Å². The highest BCUT2D eigenvalue weighted by atomic mass is 32.2. The molecule has 0 aliphatic rings. The summed E-state index contributed by atoms with van der Waals surface area (Å²) in [5, 5.41) is 2.73. The smallest absolute Gasteiger partial charge is 0.265 e. The Hall–Kier alpha value is -3.32. The normalized spacial score (nSPS) is 12.1. The van der Waals surface area contributed by atoms with Crippen LogP contribution in [0.5, 0.6) is 5.75 Å². The van der Waals surface area contributed by atoms with Gasteiger partial charge in [0, 0.05) is 5.69 Å². The monoisotopic (exact) mass is 424 g/mol. The van der Waals surface area contributed by atoms with Crippen molar-refractivity contribution in [1.29, 1.82) is 0 Å². The summed E-state index contributed by atoms with van der Waals surface area (Å²) < 4.78 is 33.6. The van der Waals surface area contributed by atoms with Crippen molar-refractivity contribution in [3.05, 3.63) is 83.9 Å². The van der Waals surface area contributed by atoms with Crippen molar-refractivity contribution in [1.82, 2.24) is 0 Å². The minimum Gasteiger partial charge on any atom is -0.481 e. The Kier molecular flexibility index (Phi) is 6.42. The van der Waals surface area contributed by atoms with Crippen LogP contribution in [0.4, 0.5) is 11.4 Å². The lowest BCUT2D eigenvalue weighted by Gasteiger charge is -2.15. The number of sulfonamides is 1. The summed E-state index contributed by atoms with van der Waals surface area (Å²) in [6.45, 7) is 5.39. The quantitative estimate of drug-likeness (QED) is 0.584. The van der Waals surface area contributed by atoms with Gasteiger partial charge in [-0.05, 0) is 74.4 Å². The Labute approximate surface area is 177 Å². The number of carbonyl (C=O) groups excluding carboxylic acids is 1. The Morgan fingerprint density at radius 1 is 0.933 bits per heavy atom. The molecule has 0 heterocycles. The van der Waals surface area contributed by atoms with Gasteiger partial charge >= 0.3 is 0 Å². The summed E-state index contributed by atoms with van der Waals surface area (Å²) in [4.78, 5) is 12.4. The fraction of sp³-hybridized carbons (Fsp3) is 0.174. The van der Waals surface area contributed by atoms with E-state index < -0.39 is 16.1 Å². The third-order valence-electron chi connectivity index (χ3n) is 4.49. The molecule has 0 spiro atoms. The standard InChI is InChI=1S/C23H24N2O4S/c1-16-9-10-17(2)22(15-16)25-30(27,28)21-13-11-19(12-14-21)24-23(26)18(3)29-20-7-5-4-6-8-20/h4-15,18,25H,1-3H3,(H,24,26).